The lowest BCUT2D eigenvalue weighted by atomic mass is 9.98. The summed E-state index contributed by atoms with van der Waals surface area (Å²) in [5.41, 5.74) is 10.1. The van der Waals surface area contributed by atoms with E-state index in [4.69, 9.17) is 11.0 Å². The highest BCUT2D eigenvalue weighted by atomic mass is 16.2. The highest BCUT2D eigenvalue weighted by molar-refractivity contribution is 6.00. The van der Waals surface area contributed by atoms with Crippen LogP contribution in [0.2, 0.25) is 0 Å². The number of nitrogens with two attached hydrogens (primary N) is 1. The maximum atomic E-state index is 12.3. The summed E-state index contributed by atoms with van der Waals surface area (Å²) < 4.78 is 0. The molecule has 8 heteroatoms. The minimum atomic E-state index is -0.262. The number of hydrogen-bond acceptors (Lipinski definition) is 7. The van der Waals surface area contributed by atoms with Crippen molar-refractivity contribution < 1.29 is 4.79 Å². The first kappa shape index (κ1) is 20.2. The number of nitriles is 1. The van der Waals surface area contributed by atoms with Gasteiger partial charge in [0.05, 0.1) is 17.9 Å². The molecule has 3 N–H and O–H groups in total. The smallest absolute Gasteiger partial charge is 0.230 e. The van der Waals surface area contributed by atoms with Crippen LogP contribution in [0.5, 0.6) is 0 Å². The van der Waals surface area contributed by atoms with Crippen LogP contribution in [0.4, 0.5) is 23.0 Å². The molecule has 154 valence electrons. The fourth-order valence-electron chi connectivity index (χ4n) is 3.63. The van der Waals surface area contributed by atoms with E-state index in [0.29, 0.717) is 29.4 Å². The molecule has 0 spiro atoms. The number of amides is 1. The highest BCUT2D eigenvalue weighted by Crippen LogP contribution is 2.39. The molecule has 8 nitrogen and oxygen atoms in total. The number of hydrogen-bond donors (Lipinski definition) is 2. The van der Waals surface area contributed by atoms with Crippen molar-refractivity contribution >= 4 is 52.6 Å². The molecular weight excluding hydrogens is 390 g/mol. The molecule has 0 aliphatic heterocycles. The van der Waals surface area contributed by atoms with E-state index in [0.717, 1.165) is 27.5 Å². The molecule has 0 saturated heterocycles. The van der Waals surface area contributed by atoms with Gasteiger partial charge in [-0.1, -0.05) is 0 Å². The maximum absolute atomic E-state index is 12.3. The molecule has 3 aromatic rings. The number of nitrogens with zero attached hydrogens (tertiary/aromatic N) is 5. The van der Waals surface area contributed by atoms with Crippen molar-refractivity contribution in [2.75, 3.05) is 11.1 Å². The predicted octanol–water partition coefficient (Wildman–Crippen LogP) is 4.34. The van der Waals surface area contributed by atoms with E-state index < -0.39 is 0 Å². The molecule has 1 aliphatic rings. The Morgan fingerprint density at radius 1 is 1.35 bits per heavy atom. The van der Waals surface area contributed by atoms with Crippen LogP contribution in [0.25, 0.3) is 21.9 Å². The summed E-state index contributed by atoms with van der Waals surface area (Å²) in [5.74, 6) is 0.287. The zero-order valence-corrected chi connectivity index (χ0v) is 17.3. The fourth-order valence-corrected chi connectivity index (χ4v) is 3.63. The molecule has 0 bridgehead atoms. The van der Waals surface area contributed by atoms with E-state index in [-0.39, 0.29) is 17.7 Å². The van der Waals surface area contributed by atoms with E-state index in [1.165, 1.54) is 0 Å². The van der Waals surface area contributed by atoms with Gasteiger partial charge in [-0.25, -0.2) is 15.0 Å². The van der Waals surface area contributed by atoms with Gasteiger partial charge in [0.15, 0.2) is 5.82 Å². The van der Waals surface area contributed by atoms with Gasteiger partial charge in [0.25, 0.3) is 0 Å². The first-order chi connectivity index (χ1) is 15.0. The number of nitrogens with one attached hydrogen (secondary N) is 1. The molecule has 4 rings (SSSR count). The maximum Gasteiger partial charge on any atom is 0.230 e. The number of carbonyl (C=O) groups is 1. The van der Waals surface area contributed by atoms with Crippen LogP contribution < -0.4 is 11.1 Å². The van der Waals surface area contributed by atoms with E-state index >= 15 is 0 Å². The largest absolute Gasteiger partial charge is 0.398 e. The third kappa shape index (κ3) is 3.73. The van der Waals surface area contributed by atoms with Gasteiger partial charge in [-0.05, 0) is 61.7 Å². The Bertz CT molecular complexity index is 1290. The number of aromatic nitrogens is 2. The number of benzene rings is 1. The summed E-state index contributed by atoms with van der Waals surface area (Å²) in [6, 6.07) is 7.73. The summed E-state index contributed by atoms with van der Waals surface area (Å²) in [5, 5.41) is 13.3. The average molecular weight is 411 g/mol. The van der Waals surface area contributed by atoms with Gasteiger partial charge in [0, 0.05) is 35.2 Å². The van der Waals surface area contributed by atoms with Gasteiger partial charge < -0.3 is 11.1 Å². The predicted molar refractivity (Wildman–Crippen MR) is 123 cm³/mol. The van der Waals surface area contributed by atoms with E-state index in [9.17, 15) is 4.79 Å². The molecule has 1 aromatic carbocycles. The van der Waals surface area contributed by atoms with Crippen LogP contribution >= 0.6 is 0 Å². The molecule has 0 radical (unpaired) electrons. The third-order valence-corrected chi connectivity index (χ3v) is 5.42. The Kier molecular flexibility index (Phi) is 5.17. The quantitative estimate of drug-likeness (QED) is 0.476. The summed E-state index contributed by atoms with van der Waals surface area (Å²) in [4.78, 5) is 29.3. The number of pyridine rings is 2. The minimum Gasteiger partial charge on any atom is -0.398 e. The standard InChI is InChI=1S/C23H21N7O/c1-4-27-22-21(26-3)12(2)17(10-29-22)13-5-14-8-20(28-11-18(14)19(25)7-13)30-23(31)16-6-15(16)9-24/h4-5,7-8,10-11,15-16H,3,6,25H2,1-2H3,(H,28,30,31)/t15-,16?/m1/s1. The molecule has 1 saturated carbocycles. The van der Waals surface area contributed by atoms with Crippen LogP contribution in [0.15, 0.2) is 40.6 Å². The Morgan fingerprint density at radius 3 is 2.84 bits per heavy atom. The number of carbonyl (C=O) groups excluding carboxylic acids is 1. The van der Waals surface area contributed by atoms with Gasteiger partial charge in [-0.2, -0.15) is 5.26 Å². The summed E-state index contributed by atoms with van der Waals surface area (Å²) in [7, 11) is 0. The monoisotopic (exact) mass is 411 g/mol. The Labute approximate surface area is 179 Å². The lowest BCUT2D eigenvalue weighted by Gasteiger charge is -2.13. The molecule has 1 unspecified atom stereocenters. The highest BCUT2D eigenvalue weighted by Gasteiger charge is 2.43. The molecule has 1 amide bonds. The van der Waals surface area contributed by atoms with Crippen molar-refractivity contribution in [3.8, 4) is 17.2 Å². The van der Waals surface area contributed by atoms with Gasteiger partial charge in [-0.3, -0.25) is 9.79 Å². The first-order valence-electron chi connectivity index (χ1n) is 9.82. The summed E-state index contributed by atoms with van der Waals surface area (Å²) in [6.45, 7) is 7.41. The zero-order chi connectivity index (χ0) is 22.1. The average Bonchev–Trinajstić information content (AvgIpc) is 3.54. The molecule has 2 heterocycles. The van der Waals surface area contributed by atoms with Crippen LogP contribution in [0.1, 0.15) is 18.9 Å². The van der Waals surface area contributed by atoms with E-state index in [1.807, 2.05) is 26.0 Å². The van der Waals surface area contributed by atoms with Gasteiger partial charge >= 0.3 is 0 Å². The van der Waals surface area contributed by atoms with Gasteiger partial charge in [0.2, 0.25) is 5.91 Å². The number of anilines is 2. The second kappa shape index (κ2) is 7.95. The number of rotatable bonds is 5. The van der Waals surface area contributed by atoms with Crippen molar-refractivity contribution in [1.29, 1.82) is 5.26 Å². The molecule has 2 aromatic heterocycles. The molecule has 31 heavy (non-hydrogen) atoms. The number of nitrogen functional groups attached to an aromatic ring is 1. The summed E-state index contributed by atoms with van der Waals surface area (Å²) >= 11 is 0. The minimum absolute atomic E-state index is 0.184. The Balaban J connectivity index is 1.74. The molecule has 1 aliphatic carbocycles. The second-order valence-corrected chi connectivity index (χ2v) is 7.44. The number of aliphatic imine (C=N–C) groups is 2. The van der Waals surface area contributed by atoms with Crippen molar-refractivity contribution in [2.45, 2.75) is 20.3 Å². The number of fused-ring (bicyclic) bond motifs is 1. The van der Waals surface area contributed by atoms with Crippen LogP contribution in [0, 0.1) is 30.1 Å². The molecule has 2 atom stereocenters. The van der Waals surface area contributed by atoms with Gasteiger partial charge in [-0.15, -0.1) is 0 Å². The van der Waals surface area contributed by atoms with Gasteiger partial charge in [0.1, 0.15) is 11.5 Å². The first-order valence-corrected chi connectivity index (χ1v) is 9.82. The topological polar surface area (TPSA) is 129 Å². The van der Waals surface area contributed by atoms with Crippen LogP contribution in [-0.2, 0) is 4.79 Å². The SMILES string of the molecule is C=Nc1c(N=CC)ncc(-c2cc(N)c3cnc(NC(=O)C4C[C@@H]4C#N)cc3c2)c1C. The van der Waals surface area contributed by atoms with E-state index in [2.05, 4.69) is 38.1 Å². The molecule has 1 fully saturated rings. The lowest BCUT2D eigenvalue weighted by molar-refractivity contribution is -0.117. The van der Waals surface area contributed by atoms with Crippen molar-refractivity contribution in [1.82, 2.24) is 9.97 Å². The third-order valence-electron chi connectivity index (χ3n) is 5.42. The Morgan fingerprint density at radius 2 is 2.16 bits per heavy atom. The molecular formula is C23H21N7O. The zero-order valence-electron chi connectivity index (χ0n) is 17.3. The van der Waals surface area contributed by atoms with E-state index in [1.54, 1.807) is 24.7 Å². The Hall–Kier alpha value is -4.12. The van der Waals surface area contributed by atoms with Crippen LogP contribution in [0.3, 0.4) is 0 Å². The lowest BCUT2D eigenvalue weighted by Crippen LogP contribution is -2.15. The van der Waals surface area contributed by atoms with Crippen molar-refractivity contribution in [3.05, 3.63) is 36.2 Å². The summed E-state index contributed by atoms with van der Waals surface area (Å²) in [6.07, 6.45) is 5.63. The fraction of sp³-hybridized carbons (Fsp3) is 0.217. The normalized spacial score (nSPS) is 17.5. The van der Waals surface area contributed by atoms with Crippen molar-refractivity contribution in [2.24, 2.45) is 21.8 Å². The second-order valence-electron chi connectivity index (χ2n) is 7.44. The van der Waals surface area contributed by atoms with Crippen molar-refractivity contribution in [3.63, 3.8) is 0 Å². The van der Waals surface area contributed by atoms with Crippen LogP contribution in [-0.4, -0.2) is 28.8 Å².